The summed E-state index contributed by atoms with van der Waals surface area (Å²) in [5, 5.41) is 13.1. The largest absolute Gasteiger partial charge is 0.508 e. The summed E-state index contributed by atoms with van der Waals surface area (Å²) >= 11 is 0. The number of aryl methyl sites for hydroxylation is 1. The SMILES string of the molecule is Cc1ccc(C(=O)Nc2cc(O)cc(CN3CCCC3)c2)cc1C#Cc1cnc2cnccn12. The fourth-order valence-corrected chi connectivity index (χ4v) is 4.20. The number of aromatic nitrogens is 3. The molecule has 0 atom stereocenters. The maximum Gasteiger partial charge on any atom is 0.255 e. The molecular formula is C27H25N5O2. The molecular weight excluding hydrogens is 426 g/mol. The van der Waals surface area contributed by atoms with Crippen LogP contribution in [0.4, 0.5) is 5.69 Å². The van der Waals surface area contributed by atoms with Crippen LogP contribution in [-0.4, -0.2) is 43.4 Å². The van der Waals surface area contributed by atoms with Crippen molar-refractivity contribution in [3.63, 3.8) is 0 Å². The molecule has 5 rings (SSSR count). The minimum Gasteiger partial charge on any atom is -0.508 e. The summed E-state index contributed by atoms with van der Waals surface area (Å²) in [7, 11) is 0. The first-order valence-electron chi connectivity index (χ1n) is 11.3. The molecule has 2 aromatic heterocycles. The number of carbonyl (C=O) groups excluding carboxylic acids is 1. The zero-order valence-electron chi connectivity index (χ0n) is 19.0. The van der Waals surface area contributed by atoms with E-state index in [0.717, 1.165) is 47.7 Å². The summed E-state index contributed by atoms with van der Waals surface area (Å²) in [6.07, 6.45) is 9.30. The van der Waals surface area contributed by atoms with Crippen LogP contribution in [0, 0.1) is 18.8 Å². The molecule has 7 nitrogen and oxygen atoms in total. The molecule has 0 saturated carbocycles. The van der Waals surface area contributed by atoms with Gasteiger partial charge in [-0.3, -0.25) is 19.1 Å². The lowest BCUT2D eigenvalue weighted by atomic mass is 10.0. The van der Waals surface area contributed by atoms with Crippen LogP contribution < -0.4 is 5.32 Å². The molecule has 1 fully saturated rings. The van der Waals surface area contributed by atoms with Crippen LogP contribution in [0.5, 0.6) is 5.75 Å². The van der Waals surface area contributed by atoms with E-state index in [1.165, 1.54) is 12.8 Å². The lowest BCUT2D eigenvalue weighted by Crippen LogP contribution is -2.18. The van der Waals surface area contributed by atoms with E-state index in [1.807, 2.05) is 29.7 Å². The van der Waals surface area contributed by atoms with Crippen LogP contribution in [0.3, 0.4) is 0 Å². The molecule has 170 valence electrons. The zero-order valence-corrected chi connectivity index (χ0v) is 19.0. The highest BCUT2D eigenvalue weighted by atomic mass is 16.3. The first kappa shape index (κ1) is 21.7. The maximum atomic E-state index is 13.0. The minimum absolute atomic E-state index is 0.144. The van der Waals surface area contributed by atoms with Crippen molar-refractivity contribution in [2.75, 3.05) is 18.4 Å². The van der Waals surface area contributed by atoms with E-state index in [2.05, 4.69) is 32.0 Å². The van der Waals surface area contributed by atoms with Gasteiger partial charge in [0, 0.05) is 41.8 Å². The Morgan fingerprint density at radius 2 is 1.97 bits per heavy atom. The number of aromatic hydroxyl groups is 1. The van der Waals surface area contributed by atoms with Gasteiger partial charge in [0.2, 0.25) is 0 Å². The van der Waals surface area contributed by atoms with Crippen LogP contribution >= 0.6 is 0 Å². The first-order valence-corrected chi connectivity index (χ1v) is 11.3. The number of rotatable bonds is 4. The maximum absolute atomic E-state index is 13.0. The lowest BCUT2D eigenvalue weighted by Gasteiger charge is -2.16. The monoisotopic (exact) mass is 451 g/mol. The van der Waals surface area contributed by atoms with Gasteiger partial charge in [-0.1, -0.05) is 12.0 Å². The fourth-order valence-electron chi connectivity index (χ4n) is 4.20. The smallest absolute Gasteiger partial charge is 0.255 e. The average Bonchev–Trinajstić information content (AvgIpc) is 3.48. The molecule has 1 amide bonds. The number of amides is 1. The van der Waals surface area contributed by atoms with E-state index in [-0.39, 0.29) is 11.7 Å². The van der Waals surface area contributed by atoms with E-state index in [1.54, 1.807) is 42.9 Å². The van der Waals surface area contributed by atoms with Gasteiger partial charge in [-0.2, -0.15) is 0 Å². The van der Waals surface area contributed by atoms with Gasteiger partial charge in [-0.05, 0) is 74.2 Å². The van der Waals surface area contributed by atoms with Gasteiger partial charge in [-0.25, -0.2) is 4.98 Å². The van der Waals surface area contributed by atoms with Crippen LogP contribution in [0.2, 0.25) is 0 Å². The summed E-state index contributed by atoms with van der Waals surface area (Å²) in [6.45, 7) is 4.86. The molecule has 2 aromatic carbocycles. The third-order valence-corrected chi connectivity index (χ3v) is 5.98. The highest BCUT2D eigenvalue weighted by Gasteiger charge is 2.14. The number of phenolic OH excluding ortho intramolecular Hbond substituents is 1. The van der Waals surface area contributed by atoms with E-state index in [9.17, 15) is 9.90 Å². The van der Waals surface area contributed by atoms with Gasteiger partial charge in [0.25, 0.3) is 5.91 Å². The van der Waals surface area contributed by atoms with Crippen molar-refractivity contribution < 1.29 is 9.90 Å². The normalized spacial score (nSPS) is 13.6. The fraction of sp³-hybridized carbons (Fsp3) is 0.222. The van der Waals surface area contributed by atoms with Crippen LogP contribution in [-0.2, 0) is 6.54 Å². The molecule has 4 aromatic rings. The second-order valence-corrected chi connectivity index (χ2v) is 8.55. The van der Waals surface area contributed by atoms with Crippen molar-refractivity contribution in [2.24, 2.45) is 0 Å². The number of nitrogens with one attached hydrogen (secondary N) is 1. The summed E-state index contributed by atoms with van der Waals surface area (Å²) in [5.74, 6) is 6.21. The third-order valence-electron chi connectivity index (χ3n) is 5.98. The van der Waals surface area contributed by atoms with E-state index in [4.69, 9.17) is 0 Å². The number of imidazole rings is 1. The number of hydrogen-bond acceptors (Lipinski definition) is 5. The second-order valence-electron chi connectivity index (χ2n) is 8.55. The molecule has 3 heterocycles. The van der Waals surface area contributed by atoms with Crippen molar-refractivity contribution in [1.29, 1.82) is 0 Å². The molecule has 1 saturated heterocycles. The lowest BCUT2D eigenvalue weighted by molar-refractivity contribution is 0.102. The number of anilines is 1. The number of fused-ring (bicyclic) bond motifs is 1. The molecule has 0 aliphatic carbocycles. The third kappa shape index (κ3) is 4.77. The van der Waals surface area contributed by atoms with Gasteiger partial charge in [-0.15, -0.1) is 0 Å². The molecule has 0 bridgehead atoms. The Bertz CT molecular complexity index is 1420. The van der Waals surface area contributed by atoms with Gasteiger partial charge in [0.05, 0.1) is 12.4 Å². The Morgan fingerprint density at radius 3 is 2.82 bits per heavy atom. The Morgan fingerprint density at radius 1 is 1.12 bits per heavy atom. The predicted molar refractivity (Wildman–Crippen MR) is 131 cm³/mol. The summed E-state index contributed by atoms with van der Waals surface area (Å²) in [6, 6.07) is 10.7. The second kappa shape index (κ2) is 9.38. The van der Waals surface area contributed by atoms with Crippen molar-refractivity contribution >= 4 is 17.2 Å². The predicted octanol–water partition coefficient (Wildman–Crippen LogP) is 3.99. The number of carbonyl (C=O) groups is 1. The van der Waals surface area contributed by atoms with Gasteiger partial charge in [0.1, 0.15) is 11.4 Å². The number of likely N-dealkylation sites (tertiary alicyclic amines) is 1. The van der Waals surface area contributed by atoms with E-state index >= 15 is 0 Å². The van der Waals surface area contributed by atoms with Gasteiger partial charge in [0.15, 0.2) is 5.65 Å². The number of nitrogens with zero attached hydrogens (tertiary/aromatic N) is 4. The molecule has 0 spiro atoms. The average molecular weight is 452 g/mol. The molecule has 0 unspecified atom stereocenters. The molecule has 34 heavy (non-hydrogen) atoms. The van der Waals surface area contributed by atoms with Crippen molar-refractivity contribution in [1.82, 2.24) is 19.3 Å². The number of hydrogen-bond donors (Lipinski definition) is 2. The quantitative estimate of drug-likeness (QED) is 0.459. The van der Waals surface area contributed by atoms with Gasteiger partial charge < -0.3 is 10.4 Å². The van der Waals surface area contributed by atoms with Gasteiger partial charge >= 0.3 is 0 Å². The Hall–Kier alpha value is -4.15. The highest BCUT2D eigenvalue weighted by Crippen LogP contribution is 2.23. The first-order chi connectivity index (χ1) is 16.5. The number of benzene rings is 2. The van der Waals surface area contributed by atoms with E-state index in [0.29, 0.717) is 11.3 Å². The summed E-state index contributed by atoms with van der Waals surface area (Å²) in [4.78, 5) is 23.7. The topological polar surface area (TPSA) is 82.8 Å². The molecule has 2 N–H and O–H groups in total. The molecule has 7 heteroatoms. The van der Waals surface area contributed by atoms with Crippen LogP contribution in [0.15, 0.2) is 61.2 Å². The van der Waals surface area contributed by atoms with Crippen molar-refractivity contribution in [2.45, 2.75) is 26.3 Å². The molecule has 1 aliphatic rings. The van der Waals surface area contributed by atoms with Crippen LogP contribution in [0.25, 0.3) is 5.65 Å². The molecule has 1 aliphatic heterocycles. The standard InChI is InChI=1S/C27H25N5O2/c1-19-4-5-22(14-21(19)6-7-24-16-29-26-17-28-8-11-32(24)26)27(34)30-23-12-20(13-25(33)15-23)18-31-9-2-3-10-31/h4-5,8,11-17,33H,2-3,9-10,18H2,1H3,(H,30,34). The van der Waals surface area contributed by atoms with Crippen molar-refractivity contribution in [3.8, 4) is 17.6 Å². The van der Waals surface area contributed by atoms with E-state index < -0.39 is 0 Å². The van der Waals surface area contributed by atoms with Crippen molar-refractivity contribution in [3.05, 3.63) is 89.1 Å². The highest BCUT2D eigenvalue weighted by molar-refractivity contribution is 6.04. The Balaban J connectivity index is 1.35. The minimum atomic E-state index is -0.248. The summed E-state index contributed by atoms with van der Waals surface area (Å²) < 4.78 is 1.87. The summed E-state index contributed by atoms with van der Waals surface area (Å²) in [5.41, 5.74) is 5.28. The Kier molecular flexibility index (Phi) is 5.98. The number of phenols is 1. The zero-order chi connectivity index (χ0) is 23.5. The van der Waals surface area contributed by atoms with Crippen LogP contribution in [0.1, 0.15) is 45.6 Å². The Labute approximate surface area is 198 Å². The molecule has 0 radical (unpaired) electrons.